The number of anilines is 1. The number of halogens is 6. The lowest BCUT2D eigenvalue weighted by Crippen LogP contribution is -2.29. The fourth-order valence-corrected chi connectivity index (χ4v) is 2.63. The number of amides is 1. The van der Waals surface area contributed by atoms with Gasteiger partial charge in [-0.1, -0.05) is 6.07 Å². The number of rotatable bonds is 2. The molecule has 2 heterocycles. The number of H-pyrrole nitrogens is 1. The van der Waals surface area contributed by atoms with Crippen LogP contribution in [0.3, 0.4) is 0 Å². The van der Waals surface area contributed by atoms with Gasteiger partial charge in [-0.2, -0.15) is 26.3 Å². The van der Waals surface area contributed by atoms with E-state index in [4.69, 9.17) is 0 Å². The van der Waals surface area contributed by atoms with Crippen LogP contribution in [0.4, 0.5) is 32.3 Å². The molecule has 1 aromatic carbocycles. The Hall–Kier alpha value is -3.31. The van der Waals surface area contributed by atoms with Gasteiger partial charge in [-0.3, -0.25) is 14.9 Å². The second kappa shape index (κ2) is 6.39. The summed E-state index contributed by atoms with van der Waals surface area (Å²) in [5.41, 5.74) is -7.24. The molecule has 2 N–H and O–H groups in total. The van der Waals surface area contributed by atoms with E-state index in [1.54, 1.807) is 4.98 Å². The van der Waals surface area contributed by atoms with Crippen molar-refractivity contribution in [3.63, 3.8) is 0 Å². The van der Waals surface area contributed by atoms with Gasteiger partial charge in [-0.15, -0.1) is 0 Å². The first-order valence-corrected chi connectivity index (χ1v) is 7.53. The number of nitrogens with one attached hydrogen (secondary N) is 2. The normalized spacial score (nSPS) is 12.4. The van der Waals surface area contributed by atoms with Gasteiger partial charge in [0.2, 0.25) is 11.4 Å². The zero-order valence-corrected chi connectivity index (χ0v) is 13.9. The van der Waals surface area contributed by atoms with Crippen LogP contribution in [0.2, 0.25) is 0 Å². The van der Waals surface area contributed by atoms with Crippen molar-refractivity contribution in [3.05, 3.63) is 57.6 Å². The Labute approximate surface area is 151 Å². The molecule has 2 aromatic heterocycles. The van der Waals surface area contributed by atoms with Crippen molar-refractivity contribution < 1.29 is 31.1 Å². The molecule has 148 valence electrons. The largest absolute Gasteiger partial charge is 0.432 e. The quantitative estimate of drug-likeness (QED) is 0.642. The highest BCUT2D eigenvalue weighted by Gasteiger charge is 2.41. The van der Waals surface area contributed by atoms with Crippen LogP contribution in [0.15, 0.2) is 35.4 Å². The average Bonchev–Trinajstić information content (AvgIpc) is 2.97. The minimum absolute atomic E-state index is 0.151. The van der Waals surface area contributed by atoms with Crippen molar-refractivity contribution in [1.82, 2.24) is 14.5 Å². The molecule has 0 saturated carbocycles. The highest BCUT2D eigenvalue weighted by atomic mass is 19.4. The number of carbonyl (C=O) groups excluding carboxylic acids is 1. The number of hydrogen-bond acceptors (Lipinski definition) is 3. The van der Waals surface area contributed by atoms with Crippen LogP contribution in [0.25, 0.3) is 10.9 Å². The fraction of sp³-hybridized carbons (Fsp3) is 0.188. The first-order valence-electron chi connectivity index (χ1n) is 7.53. The lowest BCUT2D eigenvalue weighted by atomic mass is 10.0. The fourth-order valence-electron chi connectivity index (χ4n) is 2.63. The van der Waals surface area contributed by atoms with Gasteiger partial charge >= 0.3 is 12.4 Å². The number of pyridine rings is 1. The highest BCUT2D eigenvalue weighted by Crippen LogP contribution is 2.36. The Kier molecular flexibility index (Phi) is 4.44. The predicted molar refractivity (Wildman–Crippen MR) is 85.7 cm³/mol. The summed E-state index contributed by atoms with van der Waals surface area (Å²) in [6.45, 7) is 0. The van der Waals surface area contributed by atoms with Gasteiger partial charge in [0.05, 0.1) is 11.1 Å². The SMILES string of the molecule is Cn1ccnc1NC(=O)c1c(C(F)(F)F)[nH]c2c(C(F)(F)F)cccc2c1=O. The van der Waals surface area contributed by atoms with Crippen molar-refractivity contribution in [2.45, 2.75) is 12.4 Å². The maximum atomic E-state index is 13.5. The Morgan fingerprint density at radius 2 is 1.82 bits per heavy atom. The van der Waals surface area contributed by atoms with E-state index in [0.29, 0.717) is 6.07 Å². The Bertz CT molecular complexity index is 1130. The van der Waals surface area contributed by atoms with E-state index >= 15 is 0 Å². The minimum Gasteiger partial charge on any atom is -0.350 e. The summed E-state index contributed by atoms with van der Waals surface area (Å²) in [5, 5.41) is 1.34. The molecular formula is C16H10F6N4O2. The molecule has 1 amide bonds. The second-order valence-electron chi connectivity index (χ2n) is 5.74. The van der Waals surface area contributed by atoms with Crippen LogP contribution in [-0.2, 0) is 19.4 Å². The van der Waals surface area contributed by atoms with Crippen molar-refractivity contribution in [2.24, 2.45) is 7.05 Å². The third-order valence-corrected chi connectivity index (χ3v) is 3.90. The number of hydrogen-bond donors (Lipinski definition) is 2. The topological polar surface area (TPSA) is 79.8 Å². The summed E-state index contributed by atoms with van der Waals surface area (Å²) in [6, 6.07) is 2.31. The van der Waals surface area contributed by atoms with E-state index in [1.165, 1.54) is 24.0 Å². The van der Waals surface area contributed by atoms with Gasteiger partial charge in [-0.05, 0) is 12.1 Å². The van der Waals surface area contributed by atoms with E-state index < -0.39 is 51.4 Å². The van der Waals surface area contributed by atoms with Gasteiger partial charge in [0.15, 0.2) is 0 Å². The molecule has 0 atom stereocenters. The molecule has 0 saturated heterocycles. The summed E-state index contributed by atoms with van der Waals surface area (Å²) in [7, 11) is 1.44. The summed E-state index contributed by atoms with van der Waals surface area (Å²) in [5.74, 6) is -1.61. The van der Waals surface area contributed by atoms with Gasteiger partial charge < -0.3 is 9.55 Å². The van der Waals surface area contributed by atoms with Crippen LogP contribution in [-0.4, -0.2) is 20.4 Å². The van der Waals surface area contributed by atoms with Crippen LogP contribution >= 0.6 is 0 Å². The molecule has 0 aliphatic heterocycles. The lowest BCUT2D eigenvalue weighted by Gasteiger charge is -2.16. The summed E-state index contributed by atoms with van der Waals surface area (Å²) >= 11 is 0. The number of nitrogens with zero attached hydrogens (tertiary/aromatic N) is 2. The minimum atomic E-state index is -5.29. The number of benzene rings is 1. The van der Waals surface area contributed by atoms with E-state index in [1.807, 2.05) is 5.32 Å². The first-order chi connectivity index (χ1) is 12.9. The average molecular weight is 404 g/mol. The van der Waals surface area contributed by atoms with Crippen molar-refractivity contribution >= 4 is 22.8 Å². The standard InChI is InChI=1S/C16H10F6N4O2/c1-26-6-5-23-14(26)25-13(28)9-11(27)7-3-2-4-8(15(17,18)19)10(7)24-12(9)16(20,21)22/h2-6H,1H3,(H,24,27)(H,23,25,28). The van der Waals surface area contributed by atoms with Crippen LogP contribution in [0, 0.1) is 0 Å². The molecule has 0 radical (unpaired) electrons. The van der Waals surface area contributed by atoms with Crippen LogP contribution in [0.1, 0.15) is 21.6 Å². The Morgan fingerprint density at radius 3 is 2.36 bits per heavy atom. The van der Waals surface area contributed by atoms with Crippen molar-refractivity contribution in [2.75, 3.05) is 5.32 Å². The molecule has 0 aliphatic carbocycles. The smallest absolute Gasteiger partial charge is 0.350 e. The number of fused-ring (bicyclic) bond motifs is 1. The third kappa shape index (κ3) is 3.32. The molecule has 28 heavy (non-hydrogen) atoms. The number of aryl methyl sites for hydroxylation is 1. The molecule has 0 bridgehead atoms. The Balaban J connectivity index is 2.30. The number of alkyl halides is 6. The van der Waals surface area contributed by atoms with Crippen LogP contribution < -0.4 is 10.7 Å². The molecule has 0 aliphatic rings. The Morgan fingerprint density at radius 1 is 1.14 bits per heavy atom. The van der Waals surface area contributed by atoms with Gasteiger partial charge in [0.25, 0.3) is 5.91 Å². The molecule has 12 heteroatoms. The summed E-state index contributed by atoms with van der Waals surface area (Å²) in [6.07, 6.45) is -7.66. The van der Waals surface area contributed by atoms with Crippen molar-refractivity contribution in [1.29, 1.82) is 0 Å². The molecular weight excluding hydrogens is 394 g/mol. The van der Waals surface area contributed by atoms with E-state index in [9.17, 15) is 35.9 Å². The van der Waals surface area contributed by atoms with Gasteiger partial charge in [-0.25, -0.2) is 4.98 Å². The molecule has 6 nitrogen and oxygen atoms in total. The maximum Gasteiger partial charge on any atom is 0.432 e. The monoisotopic (exact) mass is 404 g/mol. The summed E-state index contributed by atoms with van der Waals surface area (Å²) in [4.78, 5) is 30.2. The third-order valence-electron chi connectivity index (χ3n) is 3.90. The van der Waals surface area contributed by atoms with Crippen molar-refractivity contribution in [3.8, 4) is 0 Å². The van der Waals surface area contributed by atoms with Crippen LogP contribution in [0.5, 0.6) is 0 Å². The van der Waals surface area contributed by atoms with E-state index in [2.05, 4.69) is 4.98 Å². The molecule has 0 spiro atoms. The number of carbonyl (C=O) groups is 1. The summed E-state index contributed by atoms with van der Waals surface area (Å²) < 4.78 is 81.0. The highest BCUT2D eigenvalue weighted by molar-refractivity contribution is 6.06. The van der Waals surface area contributed by atoms with E-state index in [0.717, 1.165) is 12.1 Å². The first kappa shape index (κ1) is 19.5. The lowest BCUT2D eigenvalue weighted by molar-refractivity contribution is -0.142. The molecule has 0 unspecified atom stereocenters. The second-order valence-corrected chi connectivity index (χ2v) is 5.74. The number of aromatic amines is 1. The zero-order chi connectivity index (χ0) is 20.9. The molecule has 0 fully saturated rings. The van der Waals surface area contributed by atoms with Gasteiger partial charge in [0.1, 0.15) is 11.3 Å². The number of imidazole rings is 1. The molecule has 3 rings (SSSR count). The predicted octanol–water partition coefficient (Wildman–Crippen LogP) is 3.55. The number of aromatic nitrogens is 3. The zero-order valence-electron chi connectivity index (χ0n) is 13.9. The maximum absolute atomic E-state index is 13.5. The molecule has 3 aromatic rings. The van der Waals surface area contributed by atoms with Gasteiger partial charge in [0, 0.05) is 24.8 Å². The number of para-hydroxylation sites is 1. The van der Waals surface area contributed by atoms with E-state index in [-0.39, 0.29) is 5.95 Å².